The molecule has 0 saturated carbocycles. The minimum atomic E-state index is 0.693. The number of hydrogen-bond donors (Lipinski definition) is 2. The third kappa shape index (κ3) is 5.53. The highest BCUT2D eigenvalue weighted by atomic mass is 16.5. The van der Waals surface area contributed by atoms with Gasteiger partial charge in [0.05, 0.1) is 13.2 Å². The van der Waals surface area contributed by atoms with Crippen LogP contribution in [-0.4, -0.2) is 57.3 Å². The molecule has 0 aliphatic carbocycles. The number of fused-ring (bicyclic) bond motifs is 1. The van der Waals surface area contributed by atoms with Gasteiger partial charge in [-0.15, -0.1) is 0 Å². The van der Waals surface area contributed by atoms with Crippen molar-refractivity contribution in [2.45, 2.75) is 32.6 Å². The summed E-state index contributed by atoms with van der Waals surface area (Å²) in [5, 5.41) is 6.73. The van der Waals surface area contributed by atoms with E-state index in [0.717, 1.165) is 55.0 Å². The van der Waals surface area contributed by atoms with E-state index in [4.69, 9.17) is 9.47 Å². The average Bonchev–Trinajstić information content (AvgIpc) is 2.90. The second-order valence-electron chi connectivity index (χ2n) is 7.21. The van der Waals surface area contributed by atoms with Crippen molar-refractivity contribution < 1.29 is 9.47 Å². The lowest BCUT2D eigenvalue weighted by Gasteiger charge is -2.30. The number of hydrogen-bond acceptors (Lipinski definition) is 4. The molecule has 6 nitrogen and oxygen atoms in total. The van der Waals surface area contributed by atoms with Crippen molar-refractivity contribution in [1.29, 1.82) is 0 Å². The fourth-order valence-corrected chi connectivity index (χ4v) is 3.35. The van der Waals surface area contributed by atoms with E-state index >= 15 is 0 Å². The predicted octanol–water partition coefficient (Wildman–Crippen LogP) is 2.96. The monoisotopic (exact) mass is 360 g/mol. The zero-order valence-electron chi connectivity index (χ0n) is 16.1. The summed E-state index contributed by atoms with van der Waals surface area (Å²) in [6.07, 6.45) is 4.70. The van der Waals surface area contributed by atoms with Crippen LogP contribution in [0.4, 0.5) is 5.69 Å². The molecule has 0 amide bonds. The fraction of sp³-hybridized carbons (Fsp3) is 0.650. The summed E-state index contributed by atoms with van der Waals surface area (Å²) in [5.74, 6) is 3.28. The largest absolute Gasteiger partial charge is 0.490 e. The number of nitrogens with one attached hydrogen (secondary N) is 2. The Morgan fingerprint density at radius 1 is 1.19 bits per heavy atom. The molecule has 1 fully saturated rings. The van der Waals surface area contributed by atoms with Crippen molar-refractivity contribution in [1.82, 2.24) is 10.2 Å². The number of ether oxygens (including phenoxy) is 2. The van der Waals surface area contributed by atoms with Gasteiger partial charge in [-0.1, -0.05) is 6.92 Å². The highest BCUT2D eigenvalue weighted by Gasteiger charge is 2.15. The maximum Gasteiger partial charge on any atom is 0.195 e. The van der Waals surface area contributed by atoms with E-state index in [1.54, 1.807) is 7.05 Å². The van der Waals surface area contributed by atoms with E-state index in [9.17, 15) is 0 Å². The molecule has 0 atom stereocenters. The van der Waals surface area contributed by atoms with E-state index in [1.165, 1.54) is 25.9 Å². The Morgan fingerprint density at radius 3 is 2.73 bits per heavy atom. The summed E-state index contributed by atoms with van der Waals surface area (Å²) in [5.41, 5.74) is 0.951. The van der Waals surface area contributed by atoms with E-state index in [-0.39, 0.29) is 0 Å². The number of piperidine rings is 1. The SMILES string of the molecule is CN=C(NCCCN1CCC(C)CC1)Nc1ccc2c(c1)OCCCO2. The number of nitrogens with zero attached hydrogens (tertiary/aromatic N) is 2. The third-order valence-electron chi connectivity index (χ3n) is 5.05. The Kier molecular flexibility index (Phi) is 7.00. The van der Waals surface area contributed by atoms with Crippen LogP contribution >= 0.6 is 0 Å². The third-order valence-corrected chi connectivity index (χ3v) is 5.05. The molecule has 0 radical (unpaired) electrons. The first-order valence-corrected chi connectivity index (χ1v) is 9.84. The summed E-state index contributed by atoms with van der Waals surface area (Å²) < 4.78 is 11.4. The summed E-state index contributed by atoms with van der Waals surface area (Å²) in [4.78, 5) is 6.89. The van der Waals surface area contributed by atoms with E-state index in [2.05, 4.69) is 27.4 Å². The lowest BCUT2D eigenvalue weighted by molar-refractivity contribution is 0.191. The van der Waals surface area contributed by atoms with E-state index < -0.39 is 0 Å². The first-order valence-electron chi connectivity index (χ1n) is 9.84. The highest BCUT2D eigenvalue weighted by molar-refractivity contribution is 5.93. The van der Waals surface area contributed by atoms with Crippen LogP contribution in [0.5, 0.6) is 11.5 Å². The van der Waals surface area contributed by atoms with Crippen molar-refractivity contribution in [3.8, 4) is 11.5 Å². The zero-order valence-corrected chi connectivity index (χ0v) is 16.1. The van der Waals surface area contributed by atoms with Crippen LogP contribution in [0.3, 0.4) is 0 Å². The fourth-order valence-electron chi connectivity index (χ4n) is 3.35. The summed E-state index contributed by atoms with van der Waals surface area (Å²) in [7, 11) is 1.80. The Bertz CT molecular complexity index is 597. The van der Waals surface area contributed by atoms with Crippen LogP contribution in [0.15, 0.2) is 23.2 Å². The van der Waals surface area contributed by atoms with Gasteiger partial charge in [0.25, 0.3) is 0 Å². The van der Waals surface area contributed by atoms with Crippen LogP contribution in [0, 0.1) is 5.92 Å². The number of benzene rings is 1. The number of aliphatic imine (C=N–C) groups is 1. The smallest absolute Gasteiger partial charge is 0.195 e. The van der Waals surface area contributed by atoms with Crippen LogP contribution in [0.1, 0.15) is 32.6 Å². The van der Waals surface area contributed by atoms with Gasteiger partial charge in [0.15, 0.2) is 17.5 Å². The predicted molar refractivity (Wildman–Crippen MR) is 106 cm³/mol. The van der Waals surface area contributed by atoms with Crippen LogP contribution < -0.4 is 20.1 Å². The van der Waals surface area contributed by atoms with Crippen molar-refractivity contribution in [2.75, 3.05) is 51.8 Å². The molecule has 3 rings (SSSR count). The topological polar surface area (TPSA) is 58.1 Å². The first kappa shape index (κ1) is 18.8. The molecule has 2 aliphatic rings. The lowest BCUT2D eigenvalue weighted by Crippen LogP contribution is -2.36. The van der Waals surface area contributed by atoms with Crippen molar-refractivity contribution in [3.05, 3.63) is 18.2 Å². The molecule has 2 N–H and O–H groups in total. The number of rotatable bonds is 5. The molecular weight excluding hydrogens is 328 g/mol. The number of guanidine groups is 1. The molecule has 1 aromatic rings. The molecular formula is C20H32N4O2. The number of likely N-dealkylation sites (tertiary alicyclic amines) is 1. The molecule has 0 bridgehead atoms. The van der Waals surface area contributed by atoms with Crippen LogP contribution in [0.2, 0.25) is 0 Å². The Morgan fingerprint density at radius 2 is 1.96 bits per heavy atom. The van der Waals surface area contributed by atoms with Crippen molar-refractivity contribution in [3.63, 3.8) is 0 Å². The molecule has 0 spiro atoms. The van der Waals surface area contributed by atoms with Gasteiger partial charge in [0, 0.05) is 31.8 Å². The highest BCUT2D eigenvalue weighted by Crippen LogP contribution is 2.32. The van der Waals surface area contributed by atoms with Crippen molar-refractivity contribution in [2.24, 2.45) is 10.9 Å². The molecule has 1 saturated heterocycles. The normalized spacial score (nSPS) is 19.1. The molecule has 0 unspecified atom stereocenters. The summed E-state index contributed by atoms with van der Waals surface area (Å²) in [6, 6.07) is 5.92. The maximum atomic E-state index is 5.75. The Labute approximate surface area is 157 Å². The van der Waals surface area contributed by atoms with Gasteiger partial charge in [-0.3, -0.25) is 4.99 Å². The second-order valence-corrected chi connectivity index (χ2v) is 7.21. The minimum absolute atomic E-state index is 0.693. The summed E-state index contributed by atoms with van der Waals surface area (Å²) >= 11 is 0. The molecule has 6 heteroatoms. The van der Waals surface area contributed by atoms with Crippen LogP contribution in [-0.2, 0) is 0 Å². The van der Waals surface area contributed by atoms with Crippen molar-refractivity contribution >= 4 is 11.6 Å². The lowest BCUT2D eigenvalue weighted by atomic mass is 9.99. The van der Waals surface area contributed by atoms with Gasteiger partial charge < -0.3 is 25.0 Å². The Balaban J connectivity index is 1.42. The minimum Gasteiger partial charge on any atom is -0.490 e. The van der Waals surface area contributed by atoms with Gasteiger partial charge in [-0.05, 0) is 56.9 Å². The standard InChI is InChI=1S/C20H32N4O2/c1-16-7-11-24(12-8-16)10-3-9-22-20(21-2)23-17-5-6-18-19(15-17)26-14-4-13-25-18/h5-6,15-16H,3-4,7-14H2,1-2H3,(H2,21,22,23). The molecule has 2 aliphatic heterocycles. The molecule has 26 heavy (non-hydrogen) atoms. The zero-order chi connectivity index (χ0) is 18.2. The van der Waals surface area contributed by atoms with E-state index in [1.807, 2.05) is 18.2 Å². The quantitative estimate of drug-likeness (QED) is 0.480. The van der Waals surface area contributed by atoms with Gasteiger partial charge >= 0.3 is 0 Å². The molecule has 0 aromatic heterocycles. The maximum absolute atomic E-state index is 5.75. The molecule has 1 aromatic carbocycles. The van der Waals surface area contributed by atoms with Crippen LogP contribution in [0.25, 0.3) is 0 Å². The molecule has 144 valence electrons. The first-order chi connectivity index (χ1) is 12.7. The summed E-state index contributed by atoms with van der Waals surface area (Å²) in [6.45, 7) is 8.31. The average molecular weight is 361 g/mol. The molecule has 2 heterocycles. The second kappa shape index (κ2) is 9.67. The number of anilines is 1. The van der Waals surface area contributed by atoms with E-state index in [0.29, 0.717) is 13.2 Å². The van der Waals surface area contributed by atoms with Gasteiger partial charge in [0.2, 0.25) is 0 Å². The van der Waals surface area contributed by atoms with Gasteiger partial charge in [0.1, 0.15) is 0 Å². The van der Waals surface area contributed by atoms with Gasteiger partial charge in [-0.2, -0.15) is 0 Å². The van der Waals surface area contributed by atoms with Gasteiger partial charge in [-0.25, -0.2) is 0 Å². The Hall–Kier alpha value is -1.95.